The monoisotopic (exact) mass is 286 g/mol. The van der Waals surface area contributed by atoms with E-state index in [2.05, 4.69) is 0 Å². The summed E-state index contributed by atoms with van der Waals surface area (Å²) in [4.78, 5) is 0. The van der Waals surface area contributed by atoms with Gasteiger partial charge in [-0.15, -0.1) is 0 Å². The van der Waals surface area contributed by atoms with E-state index in [1.54, 1.807) is 12.1 Å². The second-order valence-corrected chi connectivity index (χ2v) is 4.38. The number of ether oxygens (including phenoxy) is 2. The van der Waals surface area contributed by atoms with Gasteiger partial charge >= 0.3 is 0 Å². The van der Waals surface area contributed by atoms with Crippen LogP contribution >= 0.6 is 0 Å². The maximum Gasteiger partial charge on any atom is 0.166 e. The van der Waals surface area contributed by atoms with Crippen molar-refractivity contribution < 1.29 is 13.9 Å². The molecule has 0 saturated heterocycles. The molecule has 0 bridgehead atoms. The van der Waals surface area contributed by atoms with Crippen LogP contribution in [0.1, 0.15) is 12.0 Å². The smallest absolute Gasteiger partial charge is 0.166 e. The Bertz CT molecular complexity index is 653. The zero-order valence-corrected chi connectivity index (χ0v) is 11.4. The summed E-state index contributed by atoms with van der Waals surface area (Å²) in [6.07, 6.45) is 0.605. The third-order valence-corrected chi connectivity index (χ3v) is 2.73. The Morgan fingerprint density at radius 3 is 2.62 bits per heavy atom. The molecule has 0 aliphatic heterocycles. The first kappa shape index (κ1) is 14.7. The number of nitrogen functional groups attached to an aromatic ring is 1. The van der Waals surface area contributed by atoms with Crippen LogP contribution in [0.2, 0.25) is 0 Å². The van der Waals surface area contributed by atoms with E-state index in [0.717, 1.165) is 6.07 Å². The van der Waals surface area contributed by atoms with Crippen molar-refractivity contribution in [2.24, 2.45) is 0 Å². The molecule has 0 unspecified atom stereocenters. The second-order valence-electron chi connectivity index (χ2n) is 4.38. The van der Waals surface area contributed by atoms with Crippen LogP contribution < -0.4 is 15.2 Å². The molecular formula is C16H15FN2O2. The summed E-state index contributed by atoms with van der Waals surface area (Å²) in [6, 6.07) is 13.1. The van der Waals surface area contributed by atoms with E-state index in [-0.39, 0.29) is 11.3 Å². The molecule has 0 heterocycles. The third kappa shape index (κ3) is 4.39. The first-order chi connectivity index (χ1) is 10.2. The van der Waals surface area contributed by atoms with Crippen LogP contribution in [-0.2, 0) is 0 Å². The van der Waals surface area contributed by atoms with Gasteiger partial charge in [0.2, 0.25) is 0 Å². The molecule has 0 aliphatic rings. The summed E-state index contributed by atoms with van der Waals surface area (Å²) in [5, 5.41) is 8.64. The van der Waals surface area contributed by atoms with E-state index < -0.39 is 5.82 Å². The van der Waals surface area contributed by atoms with Crippen LogP contribution in [0.5, 0.6) is 11.5 Å². The Morgan fingerprint density at radius 1 is 1.10 bits per heavy atom. The van der Waals surface area contributed by atoms with Gasteiger partial charge in [0.25, 0.3) is 0 Å². The molecular weight excluding hydrogens is 271 g/mol. The zero-order valence-electron chi connectivity index (χ0n) is 11.4. The van der Waals surface area contributed by atoms with Crippen LogP contribution in [0, 0.1) is 17.1 Å². The molecule has 0 atom stereocenters. The molecule has 21 heavy (non-hydrogen) atoms. The van der Waals surface area contributed by atoms with Crippen molar-refractivity contribution in [3.63, 3.8) is 0 Å². The lowest BCUT2D eigenvalue weighted by atomic mass is 10.2. The number of hydrogen-bond donors (Lipinski definition) is 1. The van der Waals surface area contributed by atoms with Gasteiger partial charge in [0.05, 0.1) is 24.8 Å². The highest BCUT2D eigenvalue weighted by atomic mass is 19.1. The molecule has 0 amide bonds. The summed E-state index contributed by atoms with van der Waals surface area (Å²) in [5.74, 6) is 0.295. The lowest BCUT2D eigenvalue weighted by molar-refractivity contribution is 0.241. The predicted molar refractivity (Wildman–Crippen MR) is 77.6 cm³/mol. The van der Waals surface area contributed by atoms with Crippen molar-refractivity contribution in [1.82, 2.24) is 0 Å². The Labute approximate surface area is 122 Å². The van der Waals surface area contributed by atoms with E-state index in [1.165, 1.54) is 12.1 Å². The predicted octanol–water partition coefficient (Wildman–Crippen LogP) is 3.13. The summed E-state index contributed by atoms with van der Waals surface area (Å²) in [6.45, 7) is 0.770. The molecule has 2 aromatic rings. The summed E-state index contributed by atoms with van der Waals surface area (Å²) >= 11 is 0. The molecule has 0 aromatic heterocycles. The number of hydrogen-bond acceptors (Lipinski definition) is 4. The number of benzene rings is 2. The van der Waals surface area contributed by atoms with Gasteiger partial charge in [0, 0.05) is 18.2 Å². The first-order valence-electron chi connectivity index (χ1n) is 6.50. The standard InChI is InChI=1S/C16H15FN2O2/c17-15-9-12(11-18)5-6-16(15)21-8-2-7-20-14-4-1-3-13(19)10-14/h1,3-6,9-10H,2,7-8,19H2. The minimum atomic E-state index is -0.536. The number of nitrogens with zero attached hydrogens (tertiary/aromatic N) is 1. The van der Waals surface area contributed by atoms with E-state index in [4.69, 9.17) is 20.5 Å². The fourth-order valence-corrected chi connectivity index (χ4v) is 1.72. The number of anilines is 1. The van der Waals surface area contributed by atoms with Gasteiger partial charge in [-0.25, -0.2) is 4.39 Å². The molecule has 5 heteroatoms. The lowest BCUT2D eigenvalue weighted by Gasteiger charge is -2.09. The molecule has 2 aromatic carbocycles. The number of nitrogens with two attached hydrogens (primary N) is 1. The maximum absolute atomic E-state index is 13.5. The minimum absolute atomic E-state index is 0.137. The third-order valence-electron chi connectivity index (χ3n) is 2.73. The van der Waals surface area contributed by atoms with E-state index in [0.29, 0.717) is 31.1 Å². The minimum Gasteiger partial charge on any atom is -0.493 e. The van der Waals surface area contributed by atoms with Gasteiger partial charge in [-0.1, -0.05) is 6.07 Å². The average molecular weight is 286 g/mol. The topological polar surface area (TPSA) is 68.3 Å². The molecule has 2 rings (SSSR count). The molecule has 0 saturated carbocycles. The molecule has 0 spiro atoms. The molecule has 0 aliphatic carbocycles. The molecule has 2 N–H and O–H groups in total. The average Bonchev–Trinajstić information content (AvgIpc) is 2.48. The Balaban J connectivity index is 1.74. The van der Waals surface area contributed by atoms with Crippen LogP contribution in [0.25, 0.3) is 0 Å². The van der Waals surface area contributed by atoms with Crippen molar-refractivity contribution in [2.45, 2.75) is 6.42 Å². The maximum atomic E-state index is 13.5. The first-order valence-corrected chi connectivity index (χ1v) is 6.50. The fraction of sp³-hybridized carbons (Fsp3) is 0.188. The van der Waals surface area contributed by atoms with Crippen molar-refractivity contribution in [2.75, 3.05) is 18.9 Å². The Morgan fingerprint density at radius 2 is 1.90 bits per heavy atom. The van der Waals surface area contributed by atoms with Gasteiger partial charge in [0.1, 0.15) is 5.75 Å². The quantitative estimate of drug-likeness (QED) is 0.654. The fourth-order valence-electron chi connectivity index (χ4n) is 1.72. The van der Waals surface area contributed by atoms with Crippen LogP contribution in [-0.4, -0.2) is 13.2 Å². The van der Waals surface area contributed by atoms with Crippen molar-refractivity contribution in [3.8, 4) is 17.6 Å². The van der Waals surface area contributed by atoms with Crippen molar-refractivity contribution >= 4 is 5.69 Å². The molecule has 4 nitrogen and oxygen atoms in total. The molecule has 0 fully saturated rings. The van der Waals surface area contributed by atoms with Crippen LogP contribution in [0.3, 0.4) is 0 Å². The van der Waals surface area contributed by atoms with Crippen molar-refractivity contribution in [3.05, 3.63) is 53.8 Å². The molecule has 108 valence electrons. The summed E-state index contributed by atoms with van der Waals surface area (Å²) in [5.41, 5.74) is 6.55. The van der Waals surface area contributed by atoms with Gasteiger partial charge in [-0.2, -0.15) is 5.26 Å². The van der Waals surface area contributed by atoms with E-state index in [9.17, 15) is 4.39 Å². The largest absolute Gasteiger partial charge is 0.493 e. The normalized spacial score (nSPS) is 9.90. The highest BCUT2D eigenvalue weighted by Crippen LogP contribution is 2.18. The van der Waals surface area contributed by atoms with Gasteiger partial charge in [-0.3, -0.25) is 0 Å². The van der Waals surface area contributed by atoms with Gasteiger partial charge in [-0.05, 0) is 30.3 Å². The van der Waals surface area contributed by atoms with Crippen LogP contribution in [0.4, 0.5) is 10.1 Å². The number of halogens is 1. The SMILES string of the molecule is N#Cc1ccc(OCCCOc2cccc(N)c2)c(F)c1. The summed E-state index contributed by atoms with van der Waals surface area (Å²) in [7, 11) is 0. The van der Waals surface area contributed by atoms with Gasteiger partial charge in [0.15, 0.2) is 11.6 Å². The van der Waals surface area contributed by atoms with Crippen LogP contribution in [0.15, 0.2) is 42.5 Å². The van der Waals surface area contributed by atoms with Gasteiger partial charge < -0.3 is 15.2 Å². The zero-order chi connectivity index (χ0) is 15.1. The number of nitriles is 1. The highest BCUT2D eigenvalue weighted by Gasteiger charge is 2.04. The van der Waals surface area contributed by atoms with E-state index in [1.807, 2.05) is 18.2 Å². The summed E-state index contributed by atoms with van der Waals surface area (Å²) < 4.78 is 24.3. The van der Waals surface area contributed by atoms with Crippen molar-refractivity contribution in [1.29, 1.82) is 5.26 Å². The highest BCUT2D eigenvalue weighted by molar-refractivity contribution is 5.43. The number of rotatable bonds is 6. The molecule has 0 radical (unpaired) electrons. The lowest BCUT2D eigenvalue weighted by Crippen LogP contribution is -2.06. The Hall–Kier alpha value is -2.74. The Kier molecular flexibility index (Phi) is 4.99. The second kappa shape index (κ2) is 7.15. The van der Waals surface area contributed by atoms with E-state index >= 15 is 0 Å².